The van der Waals surface area contributed by atoms with Crippen LogP contribution in [-0.2, 0) is 21.4 Å². The number of carboxylic acid groups (broad SMARTS) is 1. The van der Waals surface area contributed by atoms with Gasteiger partial charge in [0.2, 0.25) is 0 Å². The fourth-order valence-corrected chi connectivity index (χ4v) is 4.60. The molecule has 4 rings (SSSR count). The van der Waals surface area contributed by atoms with E-state index in [4.69, 9.17) is 9.84 Å². The van der Waals surface area contributed by atoms with Crippen molar-refractivity contribution in [3.8, 4) is 5.75 Å². The average Bonchev–Trinajstić information content (AvgIpc) is 3.16. The number of pyridine rings is 1. The van der Waals surface area contributed by atoms with Crippen LogP contribution in [0.1, 0.15) is 11.3 Å². The minimum atomic E-state index is -4.00. The third kappa shape index (κ3) is 4.34. The topological polar surface area (TPSA) is 98.5 Å². The molecule has 4 aromatic rings. The van der Waals surface area contributed by atoms with Crippen LogP contribution in [0, 0.1) is 0 Å². The Labute approximate surface area is 178 Å². The monoisotopic (exact) mass is 434 g/mol. The molecular weight excluding hydrogens is 416 g/mol. The van der Waals surface area contributed by atoms with Crippen molar-refractivity contribution in [3.05, 3.63) is 96.3 Å². The van der Waals surface area contributed by atoms with Crippen LogP contribution in [0.5, 0.6) is 5.75 Å². The standard InChI is InChI=1S/C23H18N2O5S/c26-22(27)12-11-19-13-18-14-20(30-16-17-7-3-1-4-8-17)15-24-23(18)25(19)31(28,29)21-9-5-2-6-10-21/h1-15H,16H2,(H,26,27)/b12-11+. The predicted molar refractivity (Wildman–Crippen MR) is 116 cm³/mol. The van der Waals surface area contributed by atoms with Gasteiger partial charge in [-0.3, -0.25) is 0 Å². The molecule has 0 saturated heterocycles. The summed E-state index contributed by atoms with van der Waals surface area (Å²) >= 11 is 0. The summed E-state index contributed by atoms with van der Waals surface area (Å²) in [6, 6.07) is 20.8. The van der Waals surface area contributed by atoms with Crippen LogP contribution >= 0.6 is 0 Å². The molecule has 0 amide bonds. The fraction of sp³-hybridized carbons (Fsp3) is 0.0435. The van der Waals surface area contributed by atoms with Crippen LogP contribution in [0.2, 0.25) is 0 Å². The van der Waals surface area contributed by atoms with Crippen LogP contribution in [0.4, 0.5) is 0 Å². The van der Waals surface area contributed by atoms with E-state index in [1.54, 1.807) is 30.3 Å². The normalized spacial score (nSPS) is 11.7. The predicted octanol–water partition coefficient (Wildman–Crippen LogP) is 3.95. The van der Waals surface area contributed by atoms with Crippen molar-refractivity contribution in [1.29, 1.82) is 0 Å². The maximum atomic E-state index is 13.3. The van der Waals surface area contributed by atoms with Gasteiger partial charge in [0, 0.05) is 11.5 Å². The van der Waals surface area contributed by atoms with Gasteiger partial charge in [0.15, 0.2) is 5.65 Å². The number of hydrogen-bond donors (Lipinski definition) is 1. The second-order valence-corrected chi connectivity index (χ2v) is 8.47. The lowest BCUT2D eigenvalue weighted by Crippen LogP contribution is -2.15. The Morgan fingerprint density at radius 1 is 1.03 bits per heavy atom. The van der Waals surface area contributed by atoms with Gasteiger partial charge in [-0.05, 0) is 35.9 Å². The Morgan fingerprint density at radius 3 is 2.39 bits per heavy atom. The summed E-state index contributed by atoms with van der Waals surface area (Å²) in [4.78, 5) is 15.4. The number of ether oxygens (including phenoxy) is 1. The second kappa shape index (κ2) is 8.45. The van der Waals surface area contributed by atoms with Gasteiger partial charge in [0.05, 0.1) is 16.8 Å². The summed E-state index contributed by atoms with van der Waals surface area (Å²) in [5.74, 6) is -0.715. The molecule has 156 valence electrons. The van der Waals surface area contributed by atoms with Crippen LogP contribution in [0.15, 0.2) is 90.0 Å². The van der Waals surface area contributed by atoms with Crippen molar-refractivity contribution in [3.63, 3.8) is 0 Å². The second-order valence-electron chi connectivity index (χ2n) is 6.68. The molecule has 2 aromatic carbocycles. The van der Waals surface area contributed by atoms with Gasteiger partial charge < -0.3 is 9.84 Å². The van der Waals surface area contributed by atoms with Gasteiger partial charge in [-0.1, -0.05) is 48.5 Å². The molecule has 2 aromatic heterocycles. The summed E-state index contributed by atoms with van der Waals surface area (Å²) in [6.45, 7) is 0.336. The average molecular weight is 434 g/mol. The van der Waals surface area contributed by atoms with E-state index >= 15 is 0 Å². The van der Waals surface area contributed by atoms with Gasteiger partial charge in [-0.15, -0.1) is 0 Å². The van der Waals surface area contributed by atoms with E-state index in [0.29, 0.717) is 17.7 Å². The van der Waals surface area contributed by atoms with Gasteiger partial charge in [-0.25, -0.2) is 22.2 Å². The van der Waals surface area contributed by atoms with E-state index in [1.165, 1.54) is 24.4 Å². The fourth-order valence-electron chi connectivity index (χ4n) is 3.11. The zero-order valence-electron chi connectivity index (χ0n) is 16.3. The largest absolute Gasteiger partial charge is 0.487 e. The number of aliphatic carboxylic acids is 1. The first-order chi connectivity index (χ1) is 14.9. The van der Waals surface area contributed by atoms with Crippen molar-refractivity contribution in [2.24, 2.45) is 0 Å². The van der Waals surface area contributed by atoms with Crippen LogP contribution in [0.3, 0.4) is 0 Å². The van der Waals surface area contributed by atoms with Crippen molar-refractivity contribution < 1.29 is 23.1 Å². The number of fused-ring (bicyclic) bond motifs is 1. The molecular formula is C23H18N2O5S. The first-order valence-electron chi connectivity index (χ1n) is 9.35. The molecule has 8 heteroatoms. The minimum Gasteiger partial charge on any atom is -0.487 e. The van der Waals surface area contributed by atoms with Gasteiger partial charge in [-0.2, -0.15) is 0 Å². The minimum absolute atomic E-state index is 0.0729. The lowest BCUT2D eigenvalue weighted by atomic mass is 10.2. The summed E-state index contributed by atoms with van der Waals surface area (Å²) in [6.07, 6.45) is 3.57. The molecule has 31 heavy (non-hydrogen) atoms. The van der Waals surface area contributed by atoms with E-state index < -0.39 is 16.0 Å². The summed E-state index contributed by atoms with van der Waals surface area (Å²) in [7, 11) is -4.00. The SMILES string of the molecule is O=C(O)/C=C/c1cc2cc(OCc3ccccc3)cnc2n1S(=O)(=O)c1ccccc1. The summed E-state index contributed by atoms with van der Waals surface area (Å²) in [5, 5.41) is 9.51. The first-order valence-corrected chi connectivity index (χ1v) is 10.8. The smallest absolute Gasteiger partial charge is 0.328 e. The molecule has 0 aliphatic rings. The quantitative estimate of drug-likeness (QED) is 0.442. The van der Waals surface area contributed by atoms with Crippen molar-refractivity contribution >= 4 is 33.1 Å². The van der Waals surface area contributed by atoms with Crippen LogP contribution in [0.25, 0.3) is 17.1 Å². The third-order valence-electron chi connectivity index (χ3n) is 4.53. The van der Waals surface area contributed by atoms with Crippen molar-refractivity contribution in [2.45, 2.75) is 11.5 Å². The number of rotatable bonds is 7. The Hall–Kier alpha value is -3.91. The van der Waals surface area contributed by atoms with E-state index in [9.17, 15) is 13.2 Å². The van der Waals surface area contributed by atoms with E-state index in [2.05, 4.69) is 4.98 Å². The lowest BCUT2D eigenvalue weighted by molar-refractivity contribution is -0.131. The Balaban J connectivity index is 1.78. The van der Waals surface area contributed by atoms with Crippen LogP contribution in [-0.4, -0.2) is 28.5 Å². The van der Waals surface area contributed by atoms with E-state index in [-0.39, 0.29) is 16.2 Å². The molecule has 7 nitrogen and oxygen atoms in total. The number of hydrogen-bond acceptors (Lipinski definition) is 5. The molecule has 0 aliphatic heterocycles. The molecule has 0 aliphatic carbocycles. The van der Waals surface area contributed by atoms with Gasteiger partial charge in [0.25, 0.3) is 10.0 Å². The summed E-state index contributed by atoms with van der Waals surface area (Å²) in [5.41, 5.74) is 1.34. The van der Waals surface area contributed by atoms with Gasteiger partial charge in [0.1, 0.15) is 12.4 Å². The highest BCUT2D eigenvalue weighted by Gasteiger charge is 2.23. The van der Waals surface area contributed by atoms with Crippen LogP contribution < -0.4 is 4.74 Å². The molecule has 0 bridgehead atoms. The molecule has 0 fully saturated rings. The Bertz CT molecular complexity index is 1360. The maximum Gasteiger partial charge on any atom is 0.328 e. The number of aromatic nitrogens is 2. The molecule has 0 saturated carbocycles. The van der Waals surface area contributed by atoms with E-state index in [1.807, 2.05) is 30.3 Å². The maximum absolute atomic E-state index is 13.3. The Kier molecular flexibility index (Phi) is 5.55. The first kappa shape index (κ1) is 20.4. The Morgan fingerprint density at radius 2 is 1.71 bits per heavy atom. The highest BCUT2D eigenvalue weighted by Crippen LogP contribution is 2.28. The number of carboxylic acids is 1. The zero-order chi connectivity index (χ0) is 21.8. The zero-order valence-corrected chi connectivity index (χ0v) is 17.1. The molecule has 1 N–H and O–H groups in total. The number of benzene rings is 2. The number of nitrogens with zero attached hydrogens (tertiary/aromatic N) is 2. The van der Waals surface area contributed by atoms with Crippen molar-refractivity contribution in [2.75, 3.05) is 0 Å². The lowest BCUT2D eigenvalue weighted by Gasteiger charge is -2.10. The molecule has 0 spiro atoms. The third-order valence-corrected chi connectivity index (χ3v) is 6.26. The number of carbonyl (C=O) groups is 1. The molecule has 2 heterocycles. The molecule has 0 radical (unpaired) electrons. The molecule has 0 atom stereocenters. The van der Waals surface area contributed by atoms with E-state index in [0.717, 1.165) is 15.6 Å². The highest BCUT2D eigenvalue weighted by molar-refractivity contribution is 7.90. The molecule has 0 unspecified atom stereocenters. The van der Waals surface area contributed by atoms with Crippen molar-refractivity contribution in [1.82, 2.24) is 8.96 Å². The van der Waals surface area contributed by atoms with Gasteiger partial charge >= 0.3 is 5.97 Å². The highest BCUT2D eigenvalue weighted by atomic mass is 32.2. The summed E-state index contributed by atoms with van der Waals surface area (Å²) < 4.78 is 33.4.